The SMILES string of the molecule is CN=C(NCc1ccc(OCc2ccccc2)c(OC)c1)NCC(C)(C)N1CCOCC1.I. The lowest BCUT2D eigenvalue weighted by Crippen LogP contribution is -2.56. The Hall–Kier alpha value is -2.04. The number of nitrogens with one attached hydrogen (secondary N) is 2. The van der Waals surface area contributed by atoms with Crippen molar-refractivity contribution >= 4 is 29.9 Å². The van der Waals surface area contributed by atoms with Crippen molar-refractivity contribution in [2.24, 2.45) is 4.99 Å². The lowest BCUT2D eigenvalue weighted by atomic mass is 10.0. The number of hydrogen-bond donors (Lipinski definition) is 2. The minimum absolute atomic E-state index is 0. The number of hydrogen-bond acceptors (Lipinski definition) is 5. The number of rotatable bonds is 9. The molecule has 1 heterocycles. The molecule has 1 fully saturated rings. The Morgan fingerprint density at radius 3 is 2.42 bits per heavy atom. The van der Waals surface area contributed by atoms with E-state index in [-0.39, 0.29) is 29.5 Å². The molecule has 0 atom stereocenters. The molecule has 1 saturated heterocycles. The van der Waals surface area contributed by atoms with E-state index in [1.807, 2.05) is 48.5 Å². The Morgan fingerprint density at radius 1 is 1.03 bits per heavy atom. The van der Waals surface area contributed by atoms with Gasteiger partial charge in [-0.05, 0) is 37.1 Å². The smallest absolute Gasteiger partial charge is 0.191 e. The van der Waals surface area contributed by atoms with Gasteiger partial charge in [0.25, 0.3) is 0 Å². The highest BCUT2D eigenvalue weighted by Gasteiger charge is 2.28. The summed E-state index contributed by atoms with van der Waals surface area (Å²) in [6, 6.07) is 16.1. The van der Waals surface area contributed by atoms with Crippen LogP contribution in [0.1, 0.15) is 25.0 Å². The molecule has 7 nitrogen and oxygen atoms in total. The number of guanidine groups is 1. The van der Waals surface area contributed by atoms with Crippen molar-refractivity contribution in [2.75, 3.05) is 47.0 Å². The zero-order chi connectivity index (χ0) is 22.8. The molecule has 2 N–H and O–H groups in total. The summed E-state index contributed by atoms with van der Waals surface area (Å²) in [6.07, 6.45) is 0. The molecule has 0 amide bonds. The Balaban J connectivity index is 0.00000385. The molecule has 8 heteroatoms. The summed E-state index contributed by atoms with van der Waals surface area (Å²) < 4.78 is 17.0. The van der Waals surface area contributed by atoms with Gasteiger partial charge in [0.15, 0.2) is 17.5 Å². The minimum Gasteiger partial charge on any atom is -0.493 e. The molecule has 0 aliphatic carbocycles. The first-order valence-corrected chi connectivity index (χ1v) is 11.1. The summed E-state index contributed by atoms with van der Waals surface area (Å²) in [4.78, 5) is 6.82. The van der Waals surface area contributed by atoms with E-state index in [9.17, 15) is 0 Å². The summed E-state index contributed by atoms with van der Waals surface area (Å²) in [6.45, 7) is 9.93. The number of halogens is 1. The van der Waals surface area contributed by atoms with Gasteiger partial charge in [-0.1, -0.05) is 36.4 Å². The fourth-order valence-electron chi connectivity index (χ4n) is 3.66. The van der Waals surface area contributed by atoms with Gasteiger partial charge in [-0.15, -0.1) is 24.0 Å². The largest absolute Gasteiger partial charge is 0.493 e. The van der Waals surface area contributed by atoms with Crippen molar-refractivity contribution in [1.82, 2.24) is 15.5 Å². The van der Waals surface area contributed by atoms with Crippen LogP contribution in [0, 0.1) is 0 Å². The van der Waals surface area contributed by atoms with Gasteiger partial charge in [-0.25, -0.2) is 0 Å². The topological polar surface area (TPSA) is 67.4 Å². The van der Waals surface area contributed by atoms with Crippen molar-refractivity contribution < 1.29 is 14.2 Å². The zero-order valence-corrected chi connectivity index (χ0v) is 22.4. The molecule has 0 aromatic heterocycles. The molecule has 182 valence electrons. The predicted molar refractivity (Wildman–Crippen MR) is 144 cm³/mol. The highest BCUT2D eigenvalue weighted by molar-refractivity contribution is 14.0. The average Bonchev–Trinajstić information content (AvgIpc) is 2.84. The van der Waals surface area contributed by atoms with E-state index in [1.165, 1.54) is 0 Å². The molecule has 0 spiro atoms. The van der Waals surface area contributed by atoms with Crippen molar-refractivity contribution in [2.45, 2.75) is 32.5 Å². The molecule has 0 radical (unpaired) electrons. The van der Waals surface area contributed by atoms with Crippen LogP contribution < -0.4 is 20.1 Å². The van der Waals surface area contributed by atoms with Crippen LogP contribution in [0.3, 0.4) is 0 Å². The molecule has 1 aliphatic rings. The molecule has 1 aliphatic heterocycles. The Bertz CT molecular complexity index is 871. The quantitative estimate of drug-likeness (QED) is 0.274. The minimum atomic E-state index is 0. The number of ether oxygens (including phenoxy) is 3. The van der Waals surface area contributed by atoms with Gasteiger partial charge in [-0.2, -0.15) is 0 Å². The number of morpholine rings is 1. The molecule has 0 saturated carbocycles. The molecular weight excluding hydrogens is 531 g/mol. The van der Waals surface area contributed by atoms with E-state index < -0.39 is 0 Å². The Labute approximate surface area is 214 Å². The monoisotopic (exact) mass is 568 g/mol. The maximum absolute atomic E-state index is 5.95. The lowest BCUT2D eigenvalue weighted by Gasteiger charge is -2.41. The van der Waals surface area contributed by atoms with Gasteiger partial charge < -0.3 is 24.8 Å². The van der Waals surface area contributed by atoms with Crippen LogP contribution in [0.25, 0.3) is 0 Å². The first kappa shape index (κ1) is 27.2. The van der Waals surface area contributed by atoms with Gasteiger partial charge in [0, 0.05) is 38.8 Å². The number of nitrogens with zero attached hydrogens (tertiary/aromatic N) is 2. The van der Waals surface area contributed by atoms with E-state index in [0.717, 1.165) is 61.4 Å². The number of benzene rings is 2. The van der Waals surface area contributed by atoms with Gasteiger partial charge in [0.05, 0.1) is 20.3 Å². The fraction of sp³-hybridized carbons (Fsp3) is 0.480. The van der Waals surface area contributed by atoms with E-state index in [1.54, 1.807) is 14.2 Å². The van der Waals surface area contributed by atoms with Crippen LogP contribution in [0.2, 0.25) is 0 Å². The molecule has 0 bridgehead atoms. The molecule has 2 aromatic carbocycles. The summed E-state index contributed by atoms with van der Waals surface area (Å²) in [5.74, 6) is 2.22. The number of aliphatic imine (C=N–C) groups is 1. The van der Waals surface area contributed by atoms with E-state index in [4.69, 9.17) is 14.2 Å². The molecule has 0 unspecified atom stereocenters. The number of methoxy groups -OCH3 is 1. The molecular formula is C25H37IN4O3. The maximum Gasteiger partial charge on any atom is 0.191 e. The highest BCUT2D eigenvalue weighted by Crippen LogP contribution is 2.28. The molecule has 33 heavy (non-hydrogen) atoms. The van der Waals surface area contributed by atoms with Gasteiger partial charge >= 0.3 is 0 Å². The van der Waals surface area contributed by atoms with Crippen molar-refractivity contribution in [1.29, 1.82) is 0 Å². The van der Waals surface area contributed by atoms with Crippen LogP contribution in [-0.2, 0) is 17.9 Å². The van der Waals surface area contributed by atoms with E-state index >= 15 is 0 Å². The first-order valence-electron chi connectivity index (χ1n) is 11.1. The van der Waals surface area contributed by atoms with Crippen molar-refractivity contribution in [3.8, 4) is 11.5 Å². The average molecular weight is 569 g/mol. The van der Waals surface area contributed by atoms with Crippen LogP contribution in [0.5, 0.6) is 11.5 Å². The standard InChI is InChI=1S/C25H36N4O3.HI/c1-25(2,29-12-14-31-15-13-29)19-28-24(26-3)27-17-21-10-11-22(23(16-21)30-4)32-18-20-8-6-5-7-9-20;/h5-11,16H,12-15,17-19H2,1-4H3,(H2,26,27,28);1H. The van der Waals surface area contributed by atoms with Gasteiger partial charge in [0.2, 0.25) is 0 Å². The van der Waals surface area contributed by atoms with Crippen LogP contribution in [-0.4, -0.2) is 63.4 Å². The summed E-state index contributed by atoms with van der Waals surface area (Å²) in [7, 11) is 3.45. The van der Waals surface area contributed by atoms with Gasteiger partial charge in [0.1, 0.15) is 6.61 Å². The fourth-order valence-corrected chi connectivity index (χ4v) is 3.66. The van der Waals surface area contributed by atoms with Gasteiger partial charge in [-0.3, -0.25) is 9.89 Å². The molecule has 2 aromatic rings. The van der Waals surface area contributed by atoms with Crippen molar-refractivity contribution in [3.63, 3.8) is 0 Å². The normalized spacial score (nSPS) is 14.8. The predicted octanol–water partition coefficient (Wildman–Crippen LogP) is 3.67. The molecule has 3 rings (SSSR count). The maximum atomic E-state index is 5.95. The third-order valence-electron chi connectivity index (χ3n) is 5.70. The third kappa shape index (κ3) is 8.35. The van der Waals surface area contributed by atoms with E-state index in [0.29, 0.717) is 13.2 Å². The second kappa shape index (κ2) is 13.6. The van der Waals surface area contributed by atoms with Crippen molar-refractivity contribution in [3.05, 3.63) is 59.7 Å². The van der Waals surface area contributed by atoms with Crippen LogP contribution >= 0.6 is 24.0 Å². The van der Waals surface area contributed by atoms with Crippen LogP contribution in [0.4, 0.5) is 0 Å². The Morgan fingerprint density at radius 2 is 1.76 bits per heavy atom. The zero-order valence-electron chi connectivity index (χ0n) is 20.1. The van der Waals surface area contributed by atoms with Crippen LogP contribution in [0.15, 0.2) is 53.5 Å². The first-order chi connectivity index (χ1) is 15.5. The highest BCUT2D eigenvalue weighted by atomic mass is 127. The summed E-state index contributed by atoms with van der Waals surface area (Å²) in [5, 5.41) is 6.85. The summed E-state index contributed by atoms with van der Waals surface area (Å²) in [5.41, 5.74) is 2.22. The third-order valence-corrected chi connectivity index (χ3v) is 5.70. The Kier molecular flexibility index (Phi) is 11.2. The lowest BCUT2D eigenvalue weighted by molar-refractivity contribution is -0.00834. The summed E-state index contributed by atoms with van der Waals surface area (Å²) >= 11 is 0. The second-order valence-corrected chi connectivity index (χ2v) is 8.45. The second-order valence-electron chi connectivity index (χ2n) is 8.45. The van der Waals surface area contributed by atoms with E-state index in [2.05, 4.69) is 34.4 Å².